The summed E-state index contributed by atoms with van der Waals surface area (Å²) in [7, 11) is 0. The molecule has 0 radical (unpaired) electrons. The lowest BCUT2D eigenvalue weighted by Gasteiger charge is -2.36. The summed E-state index contributed by atoms with van der Waals surface area (Å²) in [5.41, 5.74) is 3.05. The van der Waals surface area contributed by atoms with Crippen LogP contribution in [0.4, 0.5) is 15.8 Å². The van der Waals surface area contributed by atoms with E-state index in [4.69, 9.17) is 0 Å². The van der Waals surface area contributed by atoms with Gasteiger partial charge in [-0.2, -0.15) is 0 Å². The molecule has 0 saturated carbocycles. The lowest BCUT2D eigenvalue weighted by Crippen LogP contribution is -2.46. The largest absolute Gasteiger partial charge is 0.369 e. The molecule has 0 bridgehead atoms. The van der Waals surface area contributed by atoms with Crippen LogP contribution in [0.1, 0.15) is 18.4 Å². The van der Waals surface area contributed by atoms with Crippen LogP contribution in [0.5, 0.6) is 0 Å². The Morgan fingerprint density at radius 3 is 2.57 bits per heavy atom. The summed E-state index contributed by atoms with van der Waals surface area (Å²) in [6.07, 6.45) is 1.89. The molecule has 1 atom stereocenters. The zero-order chi connectivity index (χ0) is 19.5. The number of para-hydroxylation sites is 1. The molecule has 1 unspecified atom stereocenters. The van der Waals surface area contributed by atoms with Gasteiger partial charge in [-0.1, -0.05) is 18.2 Å². The number of carbonyl (C=O) groups is 1. The first-order valence-corrected chi connectivity index (χ1v) is 10.8. The molecular formula is C22H28Cl2FN3OS. The Kier molecular flexibility index (Phi) is 9.29. The predicted octanol–water partition coefficient (Wildman–Crippen LogP) is 4.99. The van der Waals surface area contributed by atoms with E-state index in [2.05, 4.69) is 21.2 Å². The van der Waals surface area contributed by atoms with Gasteiger partial charge in [-0.05, 0) is 56.1 Å². The molecule has 2 aliphatic rings. The molecule has 2 aromatic rings. The Balaban J connectivity index is 0.00000160. The number of halogens is 3. The SMILES string of the molecule is Cc1cccc2c1NC(=O)C(CCCN1CCN(c3cccc(F)c3)CC1)S2.Cl.Cl. The molecule has 164 valence electrons. The summed E-state index contributed by atoms with van der Waals surface area (Å²) in [6.45, 7) is 6.81. The van der Waals surface area contributed by atoms with Gasteiger partial charge in [0.05, 0.1) is 10.9 Å². The third-order valence-corrected chi connectivity index (χ3v) is 6.86. The highest BCUT2D eigenvalue weighted by Gasteiger charge is 2.27. The molecule has 2 aliphatic heterocycles. The second-order valence-corrected chi connectivity index (χ2v) is 8.74. The number of amides is 1. The van der Waals surface area contributed by atoms with Crippen LogP contribution in [0.15, 0.2) is 47.4 Å². The van der Waals surface area contributed by atoms with Gasteiger partial charge in [0.25, 0.3) is 0 Å². The van der Waals surface area contributed by atoms with Gasteiger partial charge in [0.15, 0.2) is 0 Å². The van der Waals surface area contributed by atoms with Gasteiger partial charge in [-0.15, -0.1) is 36.6 Å². The second-order valence-electron chi connectivity index (χ2n) is 7.49. The number of rotatable bonds is 5. The van der Waals surface area contributed by atoms with Crippen LogP contribution in [-0.2, 0) is 4.79 Å². The lowest BCUT2D eigenvalue weighted by atomic mass is 10.1. The van der Waals surface area contributed by atoms with Crippen molar-refractivity contribution >= 4 is 53.9 Å². The molecule has 30 heavy (non-hydrogen) atoms. The van der Waals surface area contributed by atoms with E-state index in [1.54, 1.807) is 23.9 Å². The number of hydrogen-bond acceptors (Lipinski definition) is 4. The van der Waals surface area contributed by atoms with Crippen molar-refractivity contribution in [2.24, 2.45) is 0 Å². The maximum Gasteiger partial charge on any atom is 0.237 e. The third kappa shape index (κ3) is 5.82. The second kappa shape index (κ2) is 11.2. The van der Waals surface area contributed by atoms with Crippen molar-refractivity contribution < 1.29 is 9.18 Å². The van der Waals surface area contributed by atoms with E-state index in [0.717, 1.165) is 62.5 Å². The first kappa shape index (κ1) is 24.8. The van der Waals surface area contributed by atoms with E-state index in [9.17, 15) is 9.18 Å². The summed E-state index contributed by atoms with van der Waals surface area (Å²) < 4.78 is 13.4. The van der Waals surface area contributed by atoms with Crippen LogP contribution in [0.2, 0.25) is 0 Å². The van der Waals surface area contributed by atoms with E-state index in [1.807, 2.05) is 25.1 Å². The topological polar surface area (TPSA) is 35.6 Å². The van der Waals surface area contributed by atoms with Crippen LogP contribution < -0.4 is 10.2 Å². The molecule has 2 heterocycles. The van der Waals surface area contributed by atoms with Crippen molar-refractivity contribution in [3.63, 3.8) is 0 Å². The third-order valence-electron chi connectivity index (χ3n) is 5.53. The lowest BCUT2D eigenvalue weighted by molar-refractivity contribution is -0.116. The number of nitrogens with one attached hydrogen (secondary N) is 1. The minimum Gasteiger partial charge on any atom is -0.369 e. The molecule has 1 N–H and O–H groups in total. The van der Waals surface area contributed by atoms with Gasteiger partial charge in [0.1, 0.15) is 5.82 Å². The first-order valence-electron chi connectivity index (χ1n) is 9.90. The number of piperazine rings is 1. The number of benzene rings is 2. The number of hydrogen-bond donors (Lipinski definition) is 1. The fourth-order valence-electron chi connectivity index (χ4n) is 3.90. The molecule has 0 aliphatic carbocycles. The van der Waals surface area contributed by atoms with Gasteiger partial charge < -0.3 is 10.2 Å². The molecule has 2 aromatic carbocycles. The average Bonchev–Trinajstić information content (AvgIpc) is 2.70. The number of thioether (sulfide) groups is 1. The van der Waals surface area contributed by atoms with Crippen LogP contribution >= 0.6 is 36.6 Å². The summed E-state index contributed by atoms with van der Waals surface area (Å²) in [4.78, 5) is 18.3. The standard InChI is InChI=1S/C22H26FN3OS.2ClH/c1-16-5-2-8-19-21(16)24-22(27)20(28-19)9-4-10-25-11-13-26(14-12-25)18-7-3-6-17(23)15-18;;/h2-3,5-8,15,20H,4,9-14H2,1H3,(H,24,27);2*1H. The molecular weight excluding hydrogens is 444 g/mol. The van der Waals surface area contributed by atoms with Crippen molar-refractivity contribution in [1.82, 2.24) is 4.90 Å². The highest BCUT2D eigenvalue weighted by molar-refractivity contribution is 8.01. The quantitative estimate of drug-likeness (QED) is 0.665. The van der Waals surface area contributed by atoms with Crippen molar-refractivity contribution in [2.45, 2.75) is 29.9 Å². The molecule has 1 amide bonds. The van der Waals surface area contributed by atoms with E-state index in [-0.39, 0.29) is 41.8 Å². The van der Waals surface area contributed by atoms with Crippen molar-refractivity contribution in [3.05, 3.63) is 53.8 Å². The Bertz CT molecular complexity index is 862. The van der Waals surface area contributed by atoms with Crippen molar-refractivity contribution in [1.29, 1.82) is 0 Å². The van der Waals surface area contributed by atoms with Gasteiger partial charge in [0.2, 0.25) is 5.91 Å². The Morgan fingerprint density at radius 2 is 1.83 bits per heavy atom. The van der Waals surface area contributed by atoms with Crippen LogP contribution in [0.3, 0.4) is 0 Å². The highest BCUT2D eigenvalue weighted by Crippen LogP contribution is 2.39. The zero-order valence-corrected chi connectivity index (χ0v) is 19.4. The normalized spacial score (nSPS) is 18.7. The van der Waals surface area contributed by atoms with Crippen molar-refractivity contribution in [2.75, 3.05) is 42.9 Å². The van der Waals surface area contributed by atoms with Gasteiger partial charge >= 0.3 is 0 Å². The molecule has 8 heteroatoms. The Morgan fingerprint density at radius 1 is 1.10 bits per heavy atom. The number of anilines is 2. The van der Waals surface area contributed by atoms with Crippen molar-refractivity contribution in [3.8, 4) is 0 Å². The molecule has 1 saturated heterocycles. The summed E-state index contributed by atoms with van der Waals surface area (Å²) in [5.74, 6) is -0.0531. The van der Waals surface area contributed by atoms with Crippen LogP contribution in [0, 0.1) is 12.7 Å². The summed E-state index contributed by atoms with van der Waals surface area (Å²) >= 11 is 1.69. The number of nitrogens with zero attached hydrogens (tertiary/aromatic N) is 2. The molecule has 0 aromatic heterocycles. The average molecular weight is 472 g/mol. The monoisotopic (exact) mass is 471 g/mol. The smallest absolute Gasteiger partial charge is 0.237 e. The van der Waals surface area contributed by atoms with E-state index in [0.29, 0.717) is 0 Å². The summed E-state index contributed by atoms with van der Waals surface area (Å²) in [5, 5.41) is 3.07. The number of carbonyl (C=O) groups excluding carboxylic acids is 1. The fraction of sp³-hybridized carbons (Fsp3) is 0.409. The van der Waals surface area contributed by atoms with E-state index >= 15 is 0 Å². The predicted molar refractivity (Wildman–Crippen MR) is 128 cm³/mol. The van der Waals surface area contributed by atoms with Gasteiger partial charge in [-0.25, -0.2) is 4.39 Å². The minimum atomic E-state index is -0.181. The van der Waals surface area contributed by atoms with Crippen LogP contribution in [-0.4, -0.2) is 48.8 Å². The highest BCUT2D eigenvalue weighted by atomic mass is 35.5. The van der Waals surface area contributed by atoms with E-state index in [1.165, 1.54) is 11.0 Å². The van der Waals surface area contributed by atoms with Gasteiger partial charge in [-0.3, -0.25) is 9.69 Å². The maximum absolute atomic E-state index is 13.4. The maximum atomic E-state index is 13.4. The molecule has 4 nitrogen and oxygen atoms in total. The minimum absolute atomic E-state index is 0. The van der Waals surface area contributed by atoms with E-state index < -0.39 is 0 Å². The first-order chi connectivity index (χ1) is 13.6. The Hall–Kier alpha value is -1.47. The zero-order valence-electron chi connectivity index (χ0n) is 17.0. The number of fused-ring (bicyclic) bond motifs is 1. The molecule has 4 rings (SSSR count). The van der Waals surface area contributed by atoms with Gasteiger partial charge in [0, 0.05) is 36.8 Å². The fourth-order valence-corrected chi connectivity index (χ4v) is 5.15. The molecule has 0 spiro atoms. The summed E-state index contributed by atoms with van der Waals surface area (Å²) in [6, 6.07) is 13.0. The Labute approximate surface area is 194 Å². The number of aryl methyl sites for hydroxylation is 1. The van der Waals surface area contributed by atoms with Crippen LogP contribution in [0.25, 0.3) is 0 Å². The molecule has 1 fully saturated rings.